The maximum Gasteiger partial charge on any atom is 0.321 e. The summed E-state index contributed by atoms with van der Waals surface area (Å²) in [6.45, 7) is 0. The zero-order valence-corrected chi connectivity index (χ0v) is 14.7. The van der Waals surface area contributed by atoms with E-state index in [4.69, 9.17) is 15.8 Å². The first-order valence-electron chi connectivity index (χ1n) is 7.66. The highest BCUT2D eigenvalue weighted by molar-refractivity contribution is 7.87. The number of nitro groups is 1. The van der Waals surface area contributed by atoms with Gasteiger partial charge in [-0.2, -0.15) is 8.42 Å². The van der Waals surface area contributed by atoms with Gasteiger partial charge in [-0.15, -0.1) is 0 Å². The normalized spacial score (nSPS) is 25.7. The molecule has 10 nitrogen and oxygen atoms in total. The summed E-state index contributed by atoms with van der Waals surface area (Å²) in [7, 11) is -4.09. The fraction of sp³-hybridized carbons (Fsp3) is 0.429. The van der Waals surface area contributed by atoms with E-state index >= 15 is 0 Å². The van der Waals surface area contributed by atoms with Crippen LogP contribution in [0, 0.1) is 16.0 Å². The average Bonchev–Trinajstić information content (AvgIpc) is 2.53. The van der Waals surface area contributed by atoms with Crippen LogP contribution in [0.1, 0.15) is 19.3 Å². The van der Waals surface area contributed by atoms with Crippen LogP contribution in [0.5, 0.6) is 5.75 Å². The summed E-state index contributed by atoms with van der Waals surface area (Å²) >= 11 is 5.75. The first-order valence-corrected chi connectivity index (χ1v) is 9.51. The molecule has 2 fully saturated rings. The van der Waals surface area contributed by atoms with Gasteiger partial charge >= 0.3 is 16.1 Å². The van der Waals surface area contributed by atoms with Gasteiger partial charge in [0.2, 0.25) is 5.91 Å². The molecular formula is C14H14ClN3O7S. The predicted molar refractivity (Wildman–Crippen MR) is 89.2 cm³/mol. The Morgan fingerprint density at radius 3 is 2.65 bits per heavy atom. The van der Waals surface area contributed by atoms with Gasteiger partial charge in [-0.1, -0.05) is 11.6 Å². The molecule has 3 unspecified atom stereocenters. The number of nitro benzene ring substituents is 1. The molecule has 3 rings (SSSR count). The second-order valence-corrected chi connectivity index (χ2v) is 8.28. The summed E-state index contributed by atoms with van der Waals surface area (Å²) in [6.07, 6.45) is 0.524. The summed E-state index contributed by atoms with van der Waals surface area (Å²) in [5.41, 5.74) is -0.369. The highest BCUT2D eigenvalue weighted by Gasteiger charge is 2.44. The van der Waals surface area contributed by atoms with Crippen molar-refractivity contribution in [2.45, 2.75) is 30.6 Å². The number of amides is 3. The second kappa shape index (κ2) is 6.72. The Morgan fingerprint density at radius 2 is 2.00 bits per heavy atom. The van der Waals surface area contributed by atoms with Gasteiger partial charge in [0.1, 0.15) is 10.8 Å². The molecule has 0 radical (unpaired) electrons. The van der Waals surface area contributed by atoms with E-state index in [1.807, 2.05) is 0 Å². The van der Waals surface area contributed by atoms with Crippen LogP contribution in [0.25, 0.3) is 0 Å². The lowest BCUT2D eigenvalue weighted by atomic mass is 9.82. The van der Waals surface area contributed by atoms with E-state index in [0.29, 0.717) is 6.42 Å². The van der Waals surface area contributed by atoms with Crippen LogP contribution in [0.2, 0.25) is 5.02 Å². The maximum absolute atomic E-state index is 12.5. The number of benzene rings is 1. The van der Waals surface area contributed by atoms with Crippen LogP contribution in [0.3, 0.4) is 0 Å². The van der Waals surface area contributed by atoms with Crippen molar-refractivity contribution in [2.75, 3.05) is 0 Å². The van der Waals surface area contributed by atoms with Gasteiger partial charge in [-0.3, -0.25) is 20.2 Å². The van der Waals surface area contributed by atoms with E-state index < -0.39 is 44.2 Å². The van der Waals surface area contributed by atoms with Crippen molar-refractivity contribution in [1.82, 2.24) is 10.6 Å². The van der Waals surface area contributed by atoms with Gasteiger partial charge in [0, 0.05) is 18.2 Å². The van der Waals surface area contributed by atoms with Gasteiger partial charge in [0.15, 0.2) is 0 Å². The Kier molecular flexibility index (Phi) is 4.76. The third kappa shape index (κ3) is 3.58. The van der Waals surface area contributed by atoms with E-state index in [9.17, 15) is 28.1 Å². The molecule has 12 heteroatoms. The number of nitrogens with zero attached hydrogens (tertiary/aromatic N) is 1. The van der Waals surface area contributed by atoms with E-state index in [1.165, 1.54) is 0 Å². The summed E-state index contributed by atoms with van der Waals surface area (Å²) < 4.78 is 30.1. The summed E-state index contributed by atoms with van der Waals surface area (Å²) in [5, 5.41) is 14.3. The lowest BCUT2D eigenvalue weighted by Crippen LogP contribution is -2.60. The standard InChI is InChI=1S/C14H14ClN3O7S/c15-10-5-7(1-4-12(10)18(21)22)25-26(23,24)8-2-3-11-9(6-8)13(19)17-14(20)16-11/h1,4-5,8-9,11H,2-3,6H2,(H2,16,17,19,20). The van der Waals surface area contributed by atoms with E-state index in [2.05, 4.69) is 10.6 Å². The van der Waals surface area contributed by atoms with Gasteiger partial charge in [-0.05, 0) is 25.3 Å². The smallest absolute Gasteiger partial charge is 0.321 e. The van der Waals surface area contributed by atoms with Crippen molar-refractivity contribution in [3.8, 4) is 5.75 Å². The number of urea groups is 1. The number of halogens is 1. The fourth-order valence-corrected chi connectivity index (χ4v) is 4.77. The highest BCUT2D eigenvalue weighted by atomic mass is 35.5. The fourth-order valence-electron chi connectivity index (χ4n) is 3.16. The first kappa shape index (κ1) is 18.4. The van der Waals surface area contributed by atoms with Crippen LogP contribution in [-0.2, 0) is 14.9 Å². The molecule has 1 aliphatic carbocycles. The predicted octanol–water partition coefficient (Wildman–Crippen LogP) is 1.33. The Balaban J connectivity index is 1.75. The van der Waals surface area contributed by atoms with Crippen LogP contribution in [0.4, 0.5) is 10.5 Å². The Hall–Kier alpha value is -2.40. The van der Waals surface area contributed by atoms with Gasteiger partial charge < -0.3 is 9.50 Å². The average molecular weight is 404 g/mol. The molecule has 0 spiro atoms. The molecule has 1 aromatic rings. The molecule has 2 aliphatic rings. The van der Waals surface area contributed by atoms with Crippen LogP contribution in [0.15, 0.2) is 18.2 Å². The number of rotatable bonds is 4. The Bertz CT molecular complexity index is 889. The number of hydrogen-bond donors (Lipinski definition) is 2. The minimum Gasteiger partial charge on any atom is -0.382 e. The molecule has 1 saturated heterocycles. The lowest BCUT2D eigenvalue weighted by molar-refractivity contribution is -0.384. The molecule has 140 valence electrons. The topological polar surface area (TPSA) is 145 Å². The number of imide groups is 1. The minimum absolute atomic E-state index is 0.000172. The zero-order chi connectivity index (χ0) is 19.1. The van der Waals surface area contributed by atoms with Crippen molar-refractivity contribution in [2.24, 2.45) is 5.92 Å². The molecule has 1 saturated carbocycles. The zero-order valence-electron chi connectivity index (χ0n) is 13.2. The molecular weight excluding hydrogens is 390 g/mol. The lowest BCUT2D eigenvalue weighted by Gasteiger charge is -2.37. The van der Waals surface area contributed by atoms with Crippen molar-refractivity contribution in [1.29, 1.82) is 0 Å². The van der Waals surface area contributed by atoms with E-state index in [0.717, 1.165) is 18.2 Å². The van der Waals surface area contributed by atoms with Crippen molar-refractivity contribution in [3.05, 3.63) is 33.3 Å². The van der Waals surface area contributed by atoms with Gasteiger partial charge in [0.25, 0.3) is 5.69 Å². The van der Waals surface area contributed by atoms with E-state index in [1.54, 1.807) is 0 Å². The van der Waals surface area contributed by atoms with Gasteiger partial charge in [-0.25, -0.2) is 4.79 Å². The first-order chi connectivity index (χ1) is 12.2. The summed E-state index contributed by atoms with van der Waals surface area (Å²) in [5.74, 6) is -1.33. The van der Waals surface area contributed by atoms with Crippen molar-refractivity contribution < 1.29 is 27.1 Å². The number of hydrogen-bond acceptors (Lipinski definition) is 7. The SMILES string of the molecule is O=C1NC(=O)C2CC(S(=O)(=O)Oc3ccc([N+](=O)[O-])c(Cl)c3)CCC2N1. The monoisotopic (exact) mass is 403 g/mol. The van der Waals surface area contributed by atoms with Crippen LogP contribution in [-0.4, -0.2) is 36.6 Å². The number of carbonyl (C=O) groups excluding carboxylic acids is 2. The largest absolute Gasteiger partial charge is 0.382 e. The second-order valence-electron chi connectivity index (χ2n) is 6.06. The minimum atomic E-state index is -4.09. The van der Waals surface area contributed by atoms with Crippen LogP contribution < -0.4 is 14.8 Å². The van der Waals surface area contributed by atoms with E-state index in [-0.39, 0.29) is 29.3 Å². The molecule has 3 atom stereocenters. The van der Waals surface area contributed by atoms with Crippen molar-refractivity contribution in [3.63, 3.8) is 0 Å². The number of carbonyl (C=O) groups is 2. The number of nitrogens with one attached hydrogen (secondary N) is 2. The van der Waals surface area contributed by atoms with Crippen molar-refractivity contribution >= 4 is 39.3 Å². The quantitative estimate of drug-likeness (QED) is 0.438. The summed E-state index contributed by atoms with van der Waals surface area (Å²) in [6, 6.07) is 2.25. The Morgan fingerprint density at radius 1 is 1.27 bits per heavy atom. The molecule has 1 aromatic carbocycles. The molecule has 0 aromatic heterocycles. The van der Waals surface area contributed by atoms with Gasteiger partial charge in [0.05, 0.1) is 16.1 Å². The molecule has 26 heavy (non-hydrogen) atoms. The number of fused-ring (bicyclic) bond motifs is 1. The maximum atomic E-state index is 12.5. The molecule has 0 bridgehead atoms. The van der Waals surface area contributed by atoms with Crippen LogP contribution >= 0.6 is 11.6 Å². The highest BCUT2D eigenvalue weighted by Crippen LogP contribution is 2.34. The molecule has 2 N–H and O–H groups in total. The Labute approximate surface area is 153 Å². The summed E-state index contributed by atoms with van der Waals surface area (Å²) in [4.78, 5) is 33.3. The molecule has 3 amide bonds. The third-order valence-corrected chi connectivity index (χ3v) is 6.40. The third-order valence-electron chi connectivity index (χ3n) is 4.43. The molecule has 1 heterocycles. The molecule has 1 aliphatic heterocycles.